The number of fused-ring (bicyclic) bond motifs is 1. The number of carbonyl (C=O) groups is 1. The third-order valence-electron chi connectivity index (χ3n) is 5.33. The number of rotatable bonds is 6. The van der Waals surface area contributed by atoms with Crippen LogP contribution in [-0.2, 0) is 17.4 Å². The van der Waals surface area contributed by atoms with Crippen molar-refractivity contribution in [3.05, 3.63) is 75.2 Å². The topological polar surface area (TPSA) is 64.0 Å². The molecule has 3 rings (SSSR count). The SMILES string of the molecule is CC[C@@H](C(=O)NCCc1ccccc1)n1c(=O)c(C(F)(F)F)nc2cc(C)c(C)cc21. The normalized spacial score (nSPS) is 12.7. The summed E-state index contributed by atoms with van der Waals surface area (Å²) in [6.07, 6.45) is -4.20. The van der Waals surface area contributed by atoms with Gasteiger partial charge in [0.15, 0.2) is 0 Å². The highest BCUT2D eigenvalue weighted by Crippen LogP contribution is 2.29. The lowest BCUT2D eigenvalue weighted by molar-refractivity contribution is -0.142. The molecule has 0 spiro atoms. The summed E-state index contributed by atoms with van der Waals surface area (Å²) < 4.78 is 41.5. The standard InChI is InChI=1S/C23H24F3N3O2/c1-4-18(21(30)27-11-10-16-8-6-5-7-9-16)29-19-13-15(3)14(2)12-17(19)28-20(22(29)31)23(24,25)26/h5-9,12-13,18H,4,10-11H2,1-3H3,(H,27,30)/t18-/m0/s1. The highest BCUT2D eigenvalue weighted by atomic mass is 19.4. The van der Waals surface area contributed by atoms with Crippen LogP contribution in [-0.4, -0.2) is 22.0 Å². The van der Waals surface area contributed by atoms with Crippen LogP contribution in [0.3, 0.4) is 0 Å². The molecule has 1 amide bonds. The quantitative estimate of drug-likeness (QED) is 0.632. The number of halogens is 3. The van der Waals surface area contributed by atoms with Gasteiger partial charge in [-0.3, -0.25) is 14.2 Å². The molecule has 0 radical (unpaired) electrons. The zero-order chi connectivity index (χ0) is 22.8. The van der Waals surface area contributed by atoms with Crippen molar-refractivity contribution in [1.29, 1.82) is 0 Å². The second kappa shape index (κ2) is 8.91. The van der Waals surface area contributed by atoms with Gasteiger partial charge in [0.1, 0.15) is 6.04 Å². The molecule has 31 heavy (non-hydrogen) atoms. The summed E-state index contributed by atoms with van der Waals surface area (Å²) in [4.78, 5) is 29.3. The first kappa shape index (κ1) is 22.5. The predicted octanol–water partition coefficient (Wildman–Crippen LogP) is 4.34. The molecule has 1 aromatic heterocycles. The maximum atomic E-state index is 13.5. The molecule has 0 fully saturated rings. The number of hydrogen-bond acceptors (Lipinski definition) is 3. The third kappa shape index (κ3) is 4.78. The minimum atomic E-state index is -4.92. The number of hydrogen-bond donors (Lipinski definition) is 1. The van der Waals surface area contributed by atoms with Crippen molar-refractivity contribution in [2.45, 2.75) is 45.8 Å². The number of nitrogens with zero attached hydrogens (tertiary/aromatic N) is 2. The van der Waals surface area contributed by atoms with E-state index < -0.39 is 29.4 Å². The Labute approximate surface area is 177 Å². The molecule has 5 nitrogen and oxygen atoms in total. The van der Waals surface area contributed by atoms with Crippen molar-refractivity contribution in [2.24, 2.45) is 0 Å². The summed E-state index contributed by atoms with van der Waals surface area (Å²) in [6, 6.07) is 11.5. The predicted molar refractivity (Wildman–Crippen MR) is 113 cm³/mol. The van der Waals surface area contributed by atoms with Crippen LogP contribution in [0.5, 0.6) is 0 Å². The first-order valence-corrected chi connectivity index (χ1v) is 10.1. The molecule has 3 aromatic rings. The van der Waals surface area contributed by atoms with E-state index in [-0.39, 0.29) is 17.5 Å². The molecule has 0 bridgehead atoms. The lowest BCUT2D eigenvalue weighted by atomic mass is 10.1. The van der Waals surface area contributed by atoms with E-state index >= 15 is 0 Å². The molecule has 0 aliphatic carbocycles. The van der Waals surface area contributed by atoms with E-state index in [0.717, 1.165) is 21.3 Å². The highest BCUT2D eigenvalue weighted by molar-refractivity contribution is 5.84. The Morgan fingerprint density at radius 3 is 2.39 bits per heavy atom. The fourth-order valence-corrected chi connectivity index (χ4v) is 3.53. The van der Waals surface area contributed by atoms with Crippen molar-refractivity contribution >= 4 is 16.9 Å². The summed E-state index contributed by atoms with van der Waals surface area (Å²) in [7, 11) is 0. The van der Waals surface area contributed by atoms with Gasteiger partial charge in [0.2, 0.25) is 11.6 Å². The van der Waals surface area contributed by atoms with Crippen molar-refractivity contribution in [3.63, 3.8) is 0 Å². The monoisotopic (exact) mass is 431 g/mol. The summed E-state index contributed by atoms with van der Waals surface area (Å²) in [5, 5.41) is 2.76. The molecule has 0 saturated heterocycles. The van der Waals surface area contributed by atoms with Crippen LogP contribution >= 0.6 is 0 Å². The molecule has 8 heteroatoms. The lowest BCUT2D eigenvalue weighted by Gasteiger charge is -2.22. The molecule has 0 saturated carbocycles. The number of benzene rings is 2. The van der Waals surface area contributed by atoms with E-state index in [1.807, 2.05) is 30.3 Å². The molecule has 1 N–H and O–H groups in total. The third-order valence-corrected chi connectivity index (χ3v) is 5.33. The number of aromatic nitrogens is 2. The largest absolute Gasteiger partial charge is 0.438 e. The van der Waals surface area contributed by atoms with Gasteiger partial charge in [0.05, 0.1) is 11.0 Å². The lowest BCUT2D eigenvalue weighted by Crippen LogP contribution is -2.40. The minimum Gasteiger partial charge on any atom is -0.354 e. The van der Waals surface area contributed by atoms with Gasteiger partial charge in [0.25, 0.3) is 5.56 Å². The van der Waals surface area contributed by atoms with Gasteiger partial charge in [-0.25, -0.2) is 4.98 Å². The van der Waals surface area contributed by atoms with Crippen molar-refractivity contribution in [1.82, 2.24) is 14.9 Å². The molecular weight excluding hydrogens is 407 g/mol. The van der Waals surface area contributed by atoms with Crippen LogP contribution in [0.1, 0.15) is 41.8 Å². The Bertz CT molecular complexity index is 1150. The Kier molecular flexibility index (Phi) is 6.48. The van der Waals surface area contributed by atoms with Crippen molar-refractivity contribution in [3.8, 4) is 0 Å². The molecule has 1 atom stereocenters. The molecular formula is C23H24F3N3O2. The Balaban J connectivity index is 2.03. The van der Waals surface area contributed by atoms with Crippen molar-refractivity contribution < 1.29 is 18.0 Å². The van der Waals surface area contributed by atoms with Crippen LogP contribution in [0.15, 0.2) is 47.3 Å². The van der Waals surface area contributed by atoms with Crippen LogP contribution in [0.2, 0.25) is 0 Å². The zero-order valence-electron chi connectivity index (χ0n) is 17.6. The first-order chi connectivity index (χ1) is 14.6. The fourth-order valence-electron chi connectivity index (χ4n) is 3.53. The number of aryl methyl sites for hydroxylation is 2. The second-order valence-corrected chi connectivity index (χ2v) is 7.51. The van der Waals surface area contributed by atoms with E-state index in [2.05, 4.69) is 10.3 Å². The molecule has 164 valence electrons. The van der Waals surface area contributed by atoms with Gasteiger partial charge >= 0.3 is 6.18 Å². The van der Waals surface area contributed by atoms with Crippen LogP contribution in [0.25, 0.3) is 11.0 Å². The molecule has 0 unspecified atom stereocenters. The first-order valence-electron chi connectivity index (χ1n) is 10.1. The van der Waals surface area contributed by atoms with Gasteiger partial charge < -0.3 is 5.32 Å². The van der Waals surface area contributed by atoms with Gasteiger partial charge in [-0.1, -0.05) is 37.3 Å². The van der Waals surface area contributed by atoms with E-state index in [1.54, 1.807) is 26.8 Å². The number of nitrogens with one attached hydrogen (secondary N) is 1. The average molecular weight is 431 g/mol. The zero-order valence-corrected chi connectivity index (χ0v) is 17.6. The van der Waals surface area contributed by atoms with Gasteiger partial charge in [-0.05, 0) is 55.5 Å². The number of alkyl halides is 3. The van der Waals surface area contributed by atoms with Crippen LogP contribution < -0.4 is 10.9 Å². The number of carbonyl (C=O) groups excluding carboxylic acids is 1. The van der Waals surface area contributed by atoms with Gasteiger partial charge in [0, 0.05) is 6.54 Å². The summed E-state index contributed by atoms with van der Waals surface area (Å²) in [5.41, 5.74) is -0.0168. The van der Waals surface area contributed by atoms with Crippen LogP contribution in [0.4, 0.5) is 13.2 Å². The highest BCUT2D eigenvalue weighted by Gasteiger charge is 2.38. The maximum absolute atomic E-state index is 13.5. The number of amides is 1. The Morgan fingerprint density at radius 1 is 1.13 bits per heavy atom. The maximum Gasteiger partial charge on any atom is 0.438 e. The summed E-state index contributed by atoms with van der Waals surface area (Å²) in [6.45, 7) is 5.52. The second-order valence-electron chi connectivity index (χ2n) is 7.51. The van der Waals surface area contributed by atoms with Gasteiger partial charge in [-0.15, -0.1) is 0 Å². The smallest absolute Gasteiger partial charge is 0.354 e. The van der Waals surface area contributed by atoms with E-state index in [0.29, 0.717) is 13.0 Å². The summed E-state index contributed by atoms with van der Waals surface area (Å²) >= 11 is 0. The molecule has 0 aliphatic heterocycles. The Morgan fingerprint density at radius 2 is 1.77 bits per heavy atom. The fraction of sp³-hybridized carbons (Fsp3) is 0.348. The Hall–Kier alpha value is -3.16. The summed E-state index contributed by atoms with van der Waals surface area (Å²) in [5.74, 6) is -0.501. The van der Waals surface area contributed by atoms with E-state index in [1.165, 1.54) is 6.07 Å². The minimum absolute atomic E-state index is 0.0329. The van der Waals surface area contributed by atoms with Gasteiger partial charge in [-0.2, -0.15) is 13.2 Å². The van der Waals surface area contributed by atoms with Crippen LogP contribution in [0, 0.1) is 13.8 Å². The van der Waals surface area contributed by atoms with E-state index in [9.17, 15) is 22.8 Å². The van der Waals surface area contributed by atoms with E-state index in [4.69, 9.17) is 0 Å². The molecule has 1 heterocycles. The molecule has 2 aromatic carbocycles. The molecule has 0 aliphatic rings. The van der Waals surface area contributed by atoms with Crippen molar-refractivity contribution in [2.75, 3.05) is 6.54 Å². The average Bonchev–Trinajstić information content (AvgIpc) is 2.71.